The zero-order chi connectivity index (χ0) is 42.0. The number of unbranched alkanes of at least 4 members (excludes halogenated alkanes) is 15. The molecule has 0 aromatic heterocycles. The molecule has 0 N–H and O–H groups in total. The monoisotopic (exact) mass is 820 g/mol. The van der Waals surface area contributed by atoms with E-state index >= 15 is 0 Å². The van der Waals surface area contributed by atoms with Crippen molar-refractivity contribution in [3.63, 3.8) is 0 Å². The molecule has 9 heteroatoms. The van der Waals surface area contributed by atoms with Gasteiger partial charge in [0.05, 0.1) is 34.4 Å². The van der Waals surface area contributed by atoms with Gasteiger partial charge in [0.1, 0.15) is 19.3 Å². The van der Waals surface area contributed by atoms with Gasteiger partial charge in [-0.05, 0) is 83.5 Å². The first-order valence-electron chi connectivity index (χ1n) is 22.7. The molecule has 0 bridgehead atoms. The standard InChI is InChI=1S/C48H86NO7P/c1-6-8-10-12-14-16-18-20-22-24-25-26-27-29-31-33-35-37-39-41-48(50)56-47(46-55-57(51,52)54-44-42-49(3,4)5)45-53-43-40-38-36-34-32-30-28-23-21-19-17-15-13-11-9-7-2/h8,10,14-17,20-23,25-26,47H,6-7,9,11-13,18-19,24,27-46H2,1-5H3/b10-8-,16-14-,17-15-,22-20-,23-21-,26-25-. The summed E-state index contributed by atoms with van der Waals surface area (Å²) in [6.45, 7) is 5.21. The molecule has 0 aliphatic rings. The molecule has 0 saturated heterocycles. The zero-order valence-corrected chi connectivity index (χ0v) is 38.2. The number of phosphoric acid groups is 1. The molecule has 0 radical (unpaired) electrons. The molecule has 0 saturated carbocycles. The fraction of sp³-hybridized carbons (Fsp3) is 0.729. The third-order valence-electron chi connectivity index (χ3n) is 9.24. The lowest BCUT2D eigenvalue weighted by Gasteiger charge is -2.28. The van der Waals surface area contributed by atoms with Crippen molar-refractivity contribution in [2.75, 3.05) is 54.1 Å². The summed E-state index contributed by atoms with van der Waals surface area (Å²) < 4.78 is 34.6. The lowest BCUT2D eigenvalue weighted by atomic mass is 10.1. The number of phosphoric ester groups is 1. The van der Waals surface area contributed by atoms with Crippen LogP contribution in [0.2, 0.25) is 0 Å². The normalized spacial score (nSPS) is 14.4. The number of hydrogen-bond acceptors (Lipinski definition) is 7. The lowest BCUT2D eigenvalue weighted by molar-refractivity contribution is -0.870. The Morgan fingerprint density at radius 3 is 1.53 bits per heavy atom. The summed E-state index contributed by atoms with van der Waals surface area (Å²) >= 11 is 0. The van der Waals surface area contributed by atoms with Gasteiger partial charge in [-0.1, -0.05) is 151 Å². The van der Waals surface area contributed by atoms with Crippen LogP contribution in [0.25, 0.3) is 0 Å². The number of allylic oxidation sites excluding steroid dienone is 12. The van der Waals surface area contributed by atoms with E-state index in [0.29, 0.717) is 24.1 Å². The fourth-order valence-corrected chi connectivity index (χ4v) is 6.47. The molecule has 2 atom stereocenters. The maximum absolute atomic E-state index is 12.7. The quantitative estimate of drug-likeness (QED) is 0.0199. The SMILES string of the molecule is CC/C=C\C/C=C\C/C=C\C/C=C\CCCCCCCCC(=O)OC(COCCCCCCCC/C=C\C/C=C\CCCCC)COP(=O)([O-])OCC[N+](C)(C)C. The molecule has 0 heterocycles. The van der Waals surface area contributed by atoms with Gasteiger partial charge in [-0.15, -0.1) is 0 Å². The topological polar surface area (TPSA) is 94.1 Å². The van der Waals surface area contributed by atoms with Crippen LogP contribution in [0.4, 0.5) is 0 Å². The molecule has 0 spiro atoms. The molecular weight excluding hydrogens is 734 g/mol. The van der Waals surface area contributed by atoms with Crippen LogP contribution in [-0.2, 0) is 27.9 Å². The van der Waals surface area contributed by atoms with E-state index in [-0.39, 0.29) is 25.8 Å². The van der Waals surface area contributed by atoms with E-state index in [1.54, 1.807) is 0 Å². The Kier molecular flexibility index (Phi) is 39.2. The minimum Gasteiger partial charge on any atom is -0.756 e. The van der Waals surface area contributed by atoms with Crippen LogP contribution >= 0.6 is 7.82 Å². The van der Waals surface area contributed by atoms with Gasteiger partial charge in [0, 0.05) is 13.0 Å². The number of quaternary nitrogens is 1. The summed E-state index contributed by atoms with van der Waals surface area (Å²) in [6.07, 6.45) is 51.9. The summed E-state index contributed by atoms with van der Waals surface area (Å²) in [7, 11) is 1.33. The van der Waals surface area contributed by atoms with Gasteiger partial charge < -0.3 is 27.9 Å². The largest absolute Gasteiger partial charge is 0.756 e. The maximum atomic E-state index is 12.7. The molecule has 330 valence electrons. The Bertz CT molecular complexity index is 1140. The van der Waals surface area contributed by atoms with Crippen LogP contribution in [0.1, 0.15) is 168 Å². The van der Waals surface area contributed by atoms with E-state index in [4.69, 9.17) is 18.5 Å². The van der Waals surface area contributed by atoms with Gasteiger partial charge in [-0.3, -0.25) is 9.36 Å². The van der Waals surface area contributed by atoms with E-state index in [1.807, 2.05) is 21.1 Å². The maximum Gasteiger partial charge on any atom is 0.306 e. The van der Waals surface area contributed by atoms with Crippen molar-refractivity contribution in [2.45, 2.75) is 174 Å². The minimum absolute atomic E-state index is 0.0171. The summed E-state index contributed by atoms with van der Waals surface area (Å²) in [5.41, 5.74) is 0. The molecule has 0 rings (SSSR count). The number of carbonyl (C=O) groups excluding carboxylic acids is 1. The van der Waals surface area contributed by atoms with Crippen molar-refractivity contribution in [1.82, 2.24) is 0 Å². The second-order valence-corrected chi connectivity index (χ2v) is 17.4. The lowest BCUT2D eigenvalue weighted by Crippen LogP contribution is -2.37. The van der Waals surface area contributed by atoms with Crippen LogP contribution in [0.15, 0.2) is 72.9 Å². The van der Waals surface area contributed by atoms with Crippen molar-refractivity contribution >= 4 is 13.8 Å². The first-order chi connectivity index (χ1) is 27.6. The summed E-state index contributed by atoms with van der Waals surface area (Å²) in [6, 6.07) is 0. The molecule has 0 aliphatic carbocycles. The number of nitrogens with zero attached hydrogens (tertiary/aromatic N) is 1. The van der Waals surface area contributed by atoms with Crippen LogP contribution in [-0.4, -0.2) is 70.7 Å². The van der Waals surface area contributed by atoms with Gasteiger partial charge in [-0.2, -0.15) is 0 Å². The third kappa shape index (κ3) is 44.9. The van der Waals surface area contributed by atoms with Crippen molar-refractivity contribution in [3.05, 3.63) is 72.9 Å². The molecule has 0 aromatic rings. The predicted molar refractivity (Wildman–Crippen MR) is 240 cm³/mol. The highest BCUT2D eigenvalue weighted by Gasteiger charge is 2.20. The Balaban J connectivity index is 4.28. The van der Waals surface area contributed by atoms with E-state index in [0.717, 1.165) is 89.9 Å². The summed E-state index contributed by atoms with van der Waals surface area (Å²) in [5, 5.41) is 0. The molecule has 0 amide bonds. The van der Waals surface area contributed by atoms with E-state index in [9.17, 15) is 14.3 Å². The molecular formula is C48H86NO7P. The Labute approximate surface area is 351 Å². The van der Waals surface area contributed by atoms with Crippen LogP contribution < -0.4 is 4.89 Å². The third-order valence-corrected chi connectivity index (χ3v) is 10.2. The Morgan fingerprint density at radius 1 is 0.561 bits per heavy atom. The van der Waals surface area contributed by atoms with E-state index < -0.39 is 13.9 Å². The molecule has 2 unspecified atom stereocenters. The van der Waals surface area contributed by atoms with E-state index in [2.05, 4.69) is 86.8 Å². The highest BCUT2D eigenvalue weighted by atomic mass is 31.2. The highest BCUT2D eigenvalue weighted by molar-refractivity contribution is 7.45. The minimum atomic E-state index is -4.54. The van der Waals surface area contributed by atoms with Crippen LogP contribution in [0, 0.1) is 0 Å². The second-order valence-electron chi connectivity index (χ2n) is 16.0. The van der Waals surface area contributed by atoms with E-state index in [1.165, 1.54) is 57.8 Å². The number of carbonyl (C=O) groups is 1. The van der Waals surface area contributed by atoms with Crippen molar-refractivity contribution in [1.29, 1.82) is 0 Å². The predicted octanol–water partition coefficient (Wildman–Crippen LogP) is 12.9. The average Bonchev–Trinajstić information content (AvgIpc) is 3.16. The first kappa shape index (κ1) is 54.9. The molecule has 0 aliphatic heterocycles. The average molecular weight is 820 g/mol. The van der Waals surface area contributed by atoms with Gasteiger partial charge in [0.2, 0.25) is 0 Å². The molecule has 8 nitrogen and oxygen atoms in total. The second kappa shape index (κ2) is 40.7. The van der Waals surface area contributed by atoms with Crippen LogP contribution in [0.3, 0.4) is 0 Å². The molecule has 0 aromatic carbocycles. The number of ether oxygens (including phenoxy) is 2. The highest BCUT2D eigenvalue weighted by Crippen LogP contribution is 2.38. The van der Waals surface area contributed by atoms with Crippen LogP contribution in [0.5, 0.6) is 0 Å². The molecule has 0 fully saturated rings. The number of hydrogen-bond donors (Lipinski definition) is 0. The van der Waals surface area contributed by atoms with Gasteiger partial charge in [0.15, 0.2) is 0 Å². The van der Waals surface area contributed by atoms with Gasteiger partial charge >= 0.3 is 5.97 Å². The first-order valence-corrected chi connectivity index (χ1v) is 24.1. The number of esters is 1. The fourth-order valence-electron chi connectivity index (χ4n) is 5.74. The Morgan fingerprint density at radius 2 is 1.02 bits per heavy atom. The summed E-state index contributed by atoms with van der Waals surface area (Å²) in [4.78, 5) is 25.1. The molecule has 57 heavy (non-hydrogen) atoms. The Hall–Kier alpha value is -2.06. The van der Waals surface area contributed by atoms with Crippen molar-refractivity contribution in [3.8, 4) is 0 Å². The van der Waals surface area contributed by atoms with Gasteiger partial charge in [0.25, 0.3) is 7.82 Å². The smallest absolute Gasteiger partial charge is 0.306 e. The number of rotatable bonds is 41. The van der Waals surface area contributed by atoms with Crippen molar-refractivity contribution < 1.29 is 37.3 Å². The number of likely N-dealkylation sites (N-methyl/N-ethyl adjacent to an activating group) is 1. The van der Waals surface area contributed by atoms with Crippen molar-refractivity contribution in [2.24, 2.45) is 0 Å². The zero-order valence-electron chi connectivity index (χ0n) is 37.3. The summed E-state index contributed by atoms with van der Waals surface area (Å²) in [5.74, 6) is -0.355. The van der Waals surface area contributed by atoms with Gasteiger partial charge in [-0.25, -0.2) is 0 Å².